The molecule has 1 aromatic heterocycles. The van der Waals surface area contributed by atoms with E-state index in [-0.39, 0.29) is 28.7 Å². The molecule has 0 saturated carbocycles. The van der Waals surface area contributed by atoms with E-state index in [1.54, 1.807) is 6.92 Å². The molecule has 0 atom stereocenters. The number of nitrogens with one attached hydrogen (secondary N) is 2. The molecule has 0 aliphatic carbocycles. The molecule has 144 valence electrons. The molecule has 0 unspecified atom stereocenters. The van der Waals surface area contributed by atoms with Crippen molar-refractivity contribution in [2.24, 2.45) is 4.99 Å². The van der Waals surface area contributed by atoms with Gasteiger partial charge in [0, 0.05) is 27.2 Å². The second-order valence-corrected chi connectivity index (χ2v) is 8.80. The molecule has 2 aromatic rings. The van der Waals surface area contributed by atoms with Gasteiger partial charge in [-0.15, -0.1) is 35.7 Å². The monoisotopic (exact) mass is 553 g/mol. The van der Waals surface area contributed by atoms with Gasteiger partial charge in [0.05, 0.1) is 0 Å². The molecule has 2 rings (SSSR count). The van der Waals surface area contributed by atoms with E-state index in [4.69, 9.17) is 4.52 Å². The van der Waals surface area contributed by atoms with Crippen LogP contribution in [0.15, 0.2) is 43.1 Å². The van der Waals surface area contributed by atoms with Gasteiger partial charge in [-0.1, -0.05) is 21.1 Å². The Labute approximate surface area is 184 Å². The summed E-state index contributed by atoms with van der Waals surface area (Å²) in [5.41, 5.74) is 0. The van der Waals surface area contributed by atoms with Crippen LogP contribution in [0.1, 0.15) is 32.5 Å². The van der Waals surface area contributed by atoms with E-state index in [2.05, 4.69) is 79.8 Å². The average Bonchev–Trinajstić information content (AvgIpc) is 2.98. The summed E-state index contributed by atoms with van der Waals surface area (Å²) in [5, 5.41) is 10.4. The lowest BCUT2D eigenvalue weighted by Crippen LogP contribution is -2.43. The molecule has 6 nitrogen and oxygen atoms in total. The number of nitrogens with zero attached hydrogens (tertiary/aromatic N) is 3. The van der Waals surface area contributed by atoms with Crippen LogP contribution in [0.3, 0.4) is 0 Å². The van der Waals surface area contributed by atoms with Crippen molar-refractivity contribution in [3.8, 4) is 0 Å². The third-order valence-electron chi connectivity index (χ3n) is 3.18. The predicted octanol–water partition coefficient (Wildman–Crippen LogP) is 4.38. The van der Waals surface area contributed by atoms with Crippen molar-refractivity contribution >= 4 is 57.6 Å². The topological polar surface area (TPSA) is 75.3 Å². The van der Waals surface area contributed by atoms with Crippen molar-refractivity contribution in [1.82, 2.24) is 20.8 Å². The van der Waals surface area contributed by atoms with E-state index >= 15 is 0 Å². The van der Waals surface area contributed by atoms with Gasteiger partial charge in [-0.3, -0.25) is 0 Å². The number of guanidine groups is 1. The number of thioether (sulfide) groups is 1. The van der Waals surface area contributed by atoms with Crippen LogP contribution < -0.4 is 10.6 Å². The van der Waals surface area contributed by atoms with E-state index in [0.717, 1.165) is 23.5 Å². The van der Waals surface area contributed by atoms with Crippen LogP contribution in [0, 0.1) is 6.92 Å². The maximum Gasteiger partial charge on any atom is 0.248 e. The molecule has 2 N–H and O–H groups in total. The second-order valence-electron chi connectivity index (χ2n) is 6.10. The lowest BCUT2D eigenvalue weighted by Gasteiger charge is -2.25. The zero-order chi connectivity index (χ0) is 18.3. The lowest BCUT2D eigenvalue weighted by molar-refractivity contribution is 0.376. The number of hydrogen-bond acceptors (Lipinski definition) is 5. The molecule has 0 spiro atoms. The van der Waals surface area contributed by atoms with E-state index in [0.29, 0.717) is 18.3 Å². The summed E-state index contributed by atoms with van der Waals surface area (Å²) in [6.07, 6.45) is 0. The normalized spacial score (nSPS) is 11.8. The summed E-state index contributed by atoms with van der Waals surface area (Å²) in [7, 11) is 0. The Balaban J connectivity index is 0.00000338. The molecule has 1 heterocycles. The van der Waals surface area contributed by atoms with Crippen LogP contribution in [-0.2, 0) is 6.54 Å². The van der Waals surface area contributed by atoms with Crippen LogP contribution in [0.4, 0.5) is 0 Å². The van der Waals surface area contributed by atoms with E-state index in [9.17, 15) is 0 Å². The van der Waals surface area contributed by atoms with E-state index in [1.807, 2.05) is 18.7 Å². The molecular formula is C17H25BrIN5OS. The van der Waals surface area contributed by atoms with Crippen molar-refractivity contribution in [2.75, 3.05) is 13.1 Å². The van der Waals surface area contributed by atoms with Crippen molar-refractivity contribution in [3.05, 3.63) is 40.5 Å². The Morgan fingerprint density at radius 3 is 2.54 bits per heavy atom. The standard InChI is InChI=1S/C17H24BrN5OS.HI/c1-5-19-16(20-10-15-22-12(2)23-24-15)21-11-17(3,4)25-14-8-6-13(18)7-9-14;/h6-9H,5,10-11H2,1-4H3,(H2,19,20,21);1H. The van der Waals surface area contributed by atoms with Gasteiger partial charge in [0.1, 0.15) is 6.54 Å². The molecule has 9 heteroatoms. The summed E-state index contributed by atoms with van der Waals surface area (Å²) in [6.45, 7) is 10.2. The largest absolute Gasteiger partial charge is 0.357 e. The molecule has 0 amide bonds. The summed E-state index contributed by atoms with van der Waals surface area (Å²) in [5.74, 6) is 1.87. The minimum absolute atomic E-state index is 0. The third kappa shape index (κ3) is 8.26. The first-order valence-corrected chi connectivity index (χ1v) is 9.75. The number of aliphatic imine (C=N–C) groups is 1. The lowest BCUT2D eigenvalue weighted by atomic mass is 10.2. The quantitative estimate of drug-likeness (QED) is 0.229. The minimum Gasteiger partial charge on any atom is -0.357 e. The molecule has 0 aliphatic rings. The van der Waals surface area contributed by atoms with Gasteiger partial charge in [-0.05, 0) is 52.0 Å². The van der Waals surface area contributed by atoms with E-state index < -0.39 is 0 Å². The highest BCUT2D eigenvalue weighted by Gasteiger charge is 2.20. The highest BCUT2D eigenvalue weighted by molar-refractivity contribution is 14.0. The van der Waals surface area contributed by atoms with Gasteiger partial charge in [0.15, 0.2) is 11.8 Å². The minimum atomic E-state index is 0. The smallest absolute Gasteiger partial charge is 0.248 e. The zero-order valence-electron chi connectivity index (χ0n) is 15.4. The highest BCUT2D eigenvalue weighted by atomic mass is 127. The van der Waals surface area contributed by atoms with Gasteiger partial charge < -0.3 is 15.2 Å². The predicted molar refractivity (Wildman–Crippen MR) is 121 cm³/mol. The number of aryl methyl sites for hydroxylation is 1. The maximum atomic E-state index is 5.10. The molecule has 0 radical (unpaired) electrons. The van der Waals surface area contributed by atoms with Crippen molar-refractivity contribution in [1.29, 1.82) is 0 Å². The highest BCUT2D eigenvalue weighted by Crippen LogP contribution is 2.32. The van der Waals surface area contributed by atoms with Crippen LogP contribution in [-0.4, -0.2) is 33.9 Å². The zero-order valence-corrected chi connectivity index (χ0v) is 20.1. The Kier molecular flexibility index (Phi) is 9.94. The number of hydrogen-bond donors (Lipinski definition) is 2. The molecule has 26 heavy (non-hydrogen) atoms. The Morgan fingerprint density at radius 1 is 1.27 bits per heavy atom. The fourth-order valence-corrected chi connectivity index (χ4v) is 3.37. The Morgan fingerprint density at radius 2 is 1.96 bits per heavy atom. The number of benzene rings is 1. The fourth-order valence-electron chi connectivity index (χ4n) is 2.05. The first kappa shape index (κ1) is 23.2. The van der Waals surface area contributed by atoms with Gasteiger partial charge >= 0.3 is 0 Å². The van der Waals surface area contributed by atoms with Crippen LogP contribution >= 0.6 is 51.7 Å². The average molecular weight is 554 g/mol. The molecule has 0 saturated heterocycles. The number of aromatic nitrogens is 2. The first-order valence-electron chi connectivity index (χ1n) is 8.14. The van der Waals surface area contributed by atoms with Crippen molar-refractivity contribution in [3.63, 3.8) is 0 Å². The van der Waals surface area contributed by atoms with Crippen molar-refractivity contribution < 1.29 is 4.52 Å². The fraction of sp³-hybridized carbons (Fsp3) is 0.471. The summed E-state index contributed by atoms with van der Waals surface area (Å²) in [4.78, 5) is 9.90. The molecule has 1 aromatic carbocycles. The van der Waals surface area contributed by atoms with Crippen LogP contribution in [0.2, 0.25) is 0 Å². The maximum absolute atomic E-state index is 5.10. The van der Waals surface area contributed by atoms with Gasteiger partial charge in [-0.25, -0.2) is 4.99 Å². The Bertz CT molecular complexity index is 705. The van der Waals surface area contributed by atoms with Crippen LogP contribution in [0.25, 0.3) is 0 Å². The summed E-state index contributed by atoms with van der Waals surface area (Å²) in [6, 6.07) is 8.36. The molecule has 0 aliphatic heterocycles. The molecular weight excluding hydrogens is 529 g/mol. The van der Waals surface area contributed by atoms with E-state index in [1.165, 1.54) is 4.90 Å². The third-order valence-corrected chi connectivity index (χ3v) is 4.91. The van der Waals surface area contributed by atoms with Gasteiger partial charge in [0.2, 0.25) is 5.89 Å². The van der Waals surface area contributed by atoms with Crippen molar-refractivity contribution in [2.45, 2.75) is 43.9 Å². The first-order chi connectivity index (χ1) is 11.9. The summed E-state index contributed by atoms with van der Waals surface area (Å²) < 4.78 is 6.19. The van der Waals surface area contributed by atoms with Gasteiger partial charge in [-0.2, -0.15) is 4.98 Å². The molecule has 0 fully saturated rings. The number of rotatable bonds is 7. The second kappa shape index (κ2) is 11.1. The number of halogens is 2. The van der Waals surface area contributed by atoms with Gasteiger partial charge in [0.25, 0.3) is 0 Å². The summed E-state index contributed by atoms with van der Waals surface area (Å²) >= 11 is 5.29. The Hall–Kier alpha value is -0.810. The molecule has 0 bridgehead atoms. The van der Waals surface area contributed by atoms with Crippen LogP contribution in [0.5, 0.6) is 0 Å². The SMILES string of the molecule is CCNC(=NCc1nc(C)no1)NCC(C)(C)Sc1ccc(Br)cc1.I.